The molecule has 1 aliphatic heterocycles. The Labute approximate surface area is 272 Å². The summed E-state index contributed by atoms with van der Waals surface area (Å²) < 4.78 is 40.5. The standard InChI is InChI=1S/C35H37ClF2N4O4/c1-2-45-33(44)7-5-3-4-6-19-39-27-14-8-24(9-15-27)18-20-41-32(43)23-46-35(41)29-22-42(28-16-17-30(36)31(38)21-28)40-34(29)25-10-12-26(37)13-11-25/h8-17,21-22,35,39H,2-7,18-20,23H2,1H3. The van der Waals surface area contributed by atoms with Gasteiger partial charge in [0.05, 0.1) is 17.3 Å². The summed E-state index contributed by atoms with van der Waals surface area (Å²) in [5.74, 6) is -1.25. The maximum Gasteiger partial charge on any atom is 0.305 e. The van der Waals surface area contributed by atoms with E-state index in [-0.39, 0.29) is 29.3 Å². The normalized spacial score (nSPS) is 14.6. The average molecular weight is 651 g/mol. The van der Waals surface area contributed by atoms with Crippen molar-refractivity contribution in [3.05, 3.63) is 101 Å². The smallest absolute Gasteiger partial charge is 0.305 e. The molecule has 1 N–H and O–H groups in total. The van der Waals surface area contributed by atoms with Crippen molar-refractivity contribution >= 4 is 29.2 Å². The van der Waals surface area contributed by atoms with Crippen LogP contribution in [0.3, 0.4) is 0 Å². The molecule has 0 saturated carbocycles. The van der Waals surface area contributed by atoms with Gasteiger partial charge in [-0.2, -0.15) is 5.10 Å². The molecule has 4 aromatic rings. The van der Waals surface area contributed by atoms with E-state index in [0.717, 1.165) is 43.5 Å². The van der Waals surface area contributed by atoms with E-state index in [1.165, 1.54) is 28.9 Å². The molecule has 2 heterocycles. The van der Waals surface area contributed by atoms with E-state index in [1.807, 2.05) is 31.2 Å². The number of aromatic nitrogens is 2. The monoisotopic (exact) mass is 650 g/mol. The number of nitrogens with zero attached hydrogens (tertiary/aromatic N) is 3. The minimum absolute atomic E-state index is 0.00555. The Bertz CT molecular complexity index is 1630. The van der Waals surface area contributed by atoms with Gasteiger partial charge in [-0.15, -0.1) is 0 Å². The number of carbonyl (C=O) groups is 2. The van der Waals surface area contributed by atoms with Crippen LogP contribution in [-0.4, -0.2) is 52.9 Å². The topological polar surface area (TPSA) is 85.7 Å². The van der Waals surface area contributed by atoms with Gasteiger partial charge in [0.15, 0.2) is 6.23 Å². The number of unbranched alkanes of at least 4 members (excludes halogenated alkanes) is 3. The molecule has 46 heavy (non-hydrogen) atoms. The van der Waals surface area contributed by atoms with Gasteiger partial charge in [0.2, 0.25) is 0 Å². The number of ether oxygens (including phenoxy) is 2. The molecule has 242 valence electrons. The van der Waals surface area contributed by atoms with Crippen molar-refractivity contribution in [2.45, 2.75) is 51.7 Å². The third-order valence-corrected chi connectivity index (χ3v) is 8.11. The number of amides is 1. The van der Waals surface area contributed by atoms with Crippen LogP contribution >= 0.6 is 11.6 Å². The highest BCUT2D eigenvalue weighted by Gasteiger charge is 2.36. The van der Waals surface area contributed by atoms with Gasteiger partial charge in [-0.1, -0.05) is 36.6 Å². The first-order chi connectivity index (χ1) is 22.3. The minimum atomic E-state index is -0.725. The van der Waals surface area contributed by atoms with Crippen LogP contribution < -0.4 is 5.32 Å². The van der Waals surface area contributed by atoms with E-state index in [0.29, 0.717) is 48.5 Å². The van der Waals surface area contributed by atoms with Crippen molar-refractivity contribution in [2.75, 3.05) is 31.6 Å². The Balaban J connectivity index is 1.21. The SMILES string of the molecule is CCOC(=O)CCCCCCNc1ccc(CCN2C(=O)COC2c2cn(-c3ccc(Cl)c(F)c3)nc2-c2ccc(F)cc2)cc1. The lowest BCUT2D eigenvalue weighted by Gasteiger charge is -2.23. The van der Waals surface area contributed by atoms with Crippen molar-refractivity contribution in [1.29, 1.82) is 0 Å². The van der Waals surface area contributed by atoms with Crippen molar-refractivity contribution in [3.8, 4) is 16.9 Å². The molecule has 1 atom stereocenters. The number of benzene rings is 3. The van der Waals surface area contributed by atoms with Crippen LogP contribution in [0.1, 0.15) is 56.4 Å². The highest BCUT2D eigenvalue weighted by Crippen LogP contribution is 2.36. The zero-order valence-electron chi connectivity index (χ0n) is 25.7. The fourth-order valence-electron chi connectivity index (χ4n) is 5.37. The first-order valence-corrected chi connectivity index (χ1v) is 15.9. The maximum atomic E-state index is 14.3. The molecule has 0 spiro atoms. The number of rotatable bonds is 15. The molecular weight excluding hydrogens is 614 g/mol. The van der Waals surface area contributed by atoms with E-state index in [1.54, 1.807) is 29.3 Å². The highest BCUT2D eigenvalue weighted by molar-refractivity contribution is 6.30. The lowest BCUT2D eigenvalue weighted by molar-refractivity contribution is -0.143. The van der Waals surface area contributed by atoms with E-state index in [9.17, 15) is 18.4 Å². The molecular formula is C35H37ClF2N4O4. The summed E-state index contributed by atoms with van der Waals surface area (Å²) in [6.45, 7) is 3.41. The van der Waals surface area contributed by atoms with Gasteiger partial charge < -0.3 is 19.7 Å². The second-order valence-corrected chi connectivity index (χ2v) is 11.5. The summed E-state index contributed by atoms with van der Waals surface area (Å²) in [7, 11) is 0. The van der Waals surface area contributed by atoms with Crippen LogP contribution in [0.15, 0.2) is 72.9 Å². The molecule has 1 aromatic heterocycles. The van der Waals surface area contributed by atoms with E-state index < -0.39 is 12.0 Å². The van der Waals surface area contributed by atoms with Gasteiger partial charge in [0, 0.05) is 48.6 Å². The molecule has 0 bridgehead atoms. The van der Waals surface area contributed by atoms with Crippen LogP contribution in [0.5, 0.6) is 0 Å². The molecule has 0 radical (unpaired) electrons. The summed E-state index contributed by atoms with van der Waals surface area (Å²) in [5.41, 5.74) is 4.25. The number of carbonyl (C=O) groups excluding carboxylic acids is 2. The van der Waals surface area contributed by atoms with Gasteiger partial charge in [-0.3, -0.25) is 9.59 Å². The minimum Gasteiger partial charge on any atom is -0.466 e. The number of halogens is 3. The summed E-state index contributed by atoms with van der Waals surface area (Å²) in [5, 5.41) is 8.11. The summed E-state index contributed by atoms with van der Waals surface area (Å²) in [6.07, 6.45) is 5.94. The van der Waals surface area contributed by atoms with Gasteiger partial charge in [0.25, 0.3) is 5.91 Å². The number of hydrogen-bond donors (Lipinski definition) is 1. The van der Waals surface area contributed by atoms with Gasteiger partial charge >= 0.3 is 5.97 Å². The van der Waals surface area contributed by atoms with E-state index in [2.05, 4.69) is 10.4 Å². The highest BCUT2D eigenvalue weighted by atomic mass is 35.5. The molecule has 1 saturated heterocycles. The first-order valence-electron chi connectivity index (χ1n) is 15.5. The zero-order chi connectivity index (χ0) is 32.5. The van der Waals surface area contributed by atoms with Gasteiger partial charge in [-0.05, 0) is 80.3 Å². The fourth-order valence-corrected chi connectivity index (χ4v) is 5.48. The van der Waals surface area contributed by atoms with Crippen molar-refractivity contribution < 1.29 is 27.8 Å². The van der Waals surface area contributed by atoms with Crippen molar-refractivity contribution in [2.24, 2.45) is 0 Å². The number of hydrogen-bond acceptors (Lipinski definition) is 6. The van der Waals surface area contributed by atoms with Crippen LogP contribution in [-0.2, 0) is 25.5 Å². The van der Waals surface area contributed by atoms with E-state index in [4.69, 9.17) is 21.1 Å². The molecule has 1 fully saturated rings. The quantitative estimate of drug-likeness (QED) is 0.106. The first kappa shape index (κ1) is 33.1. The lowest BCUT2D eigenvalue weighted by atomic mass is 10.1. The van der Waals surface area contributed by atoms with Crippen LogP contribution in [0.4, 0.5) is 14.5 Å². The van der Waals surface area contributed by atoms with Crippen LogP contribution in [0.25, 0.3) is 16.9 Å². The third kappa shape index (κ3) is 8.50. The number of anilines is 1. The Hall–Kier alpha value is -4.28. The molecule has 1 amide bonds. The predicted octanol–water partition coefficient (Wildman–Crippen LogP) is 7.50. The third-order valence-electron chi connectivity index (χ3n) is 7.80. The van der Waals surface area contributed by atoms with Crippen LogP contribution in [0, 0.1) is 11.6 Å². The lowest BCUT2D eigenvalue weighted by Crippen LogP contribution is -2.30. The van der Waals surface area contributed by atoms with Crippen molar-refractivity contribution in [3.63, 3.8) is 0 Å². The molecule has 0 aliphatic carbocycles. The summed E-state index contributed by atoms with van der Waals surface area (Å²) in [6, 6.07) is 18.4. The predicted molar refractivity (Wildman–Crippen MR) is 173 cm³/mol. The van der Waals surface area contributed by atoms with Crippen molar-refractivity contribution in [1.82, 2.24) is 14.7 Å². The maximum absolute atomic E-state index is 14.3. The average Bonchev–Trinajstić information content (AvgIpc) is 3.65. The Kier molecular flexibility index (Phi) is 11.4. The molecule has 11 heteroatoms. The fraction of sp³-hybridized carbons (Fsp3) is 0.343. The number of esters is 1. The molecule has 5 rings (SSSR count). The molecule has 3 aromatic carbocycles. The second-order valence-electron chi connectivity index (χ2n) is 11.1. The number of nitrogens with one attached hydrogen (secondary N) is 1. The van der Waals surface area contributed by atoms with Crippen LogP contribution in [0.2, 0.25) is 5.02 Å². The Morgan fingerprint density at radius 3 is 2.54 bits per heavy atom. The van der Waals surface area contributed by atoms with E-state index >= 15 is 0 Å². The summed E-state index contributed by atoms with van der Waals surface area (Å²) >= 11 is 5.89. The zero-order valence-corrected chi connectivity index (χ0v) is 26.4. The molecule has 1 unspecified atom stereocenters. The molecule has 1 aliphatic rings. The largest absolute Gasteiger partial charge is 0.466 e. The molecule has 8 nitrogen and oxygen atoms in total. The van der Waals surface area contributed by atoms with Gasteiger partial charge in [0.1, 0.15) is 23.9 Å². The Morgan fingerprint density at radius 1 is 1.04 bits per heavy atom. The summed E-state index contributed by atoms with van der Waals surface area (Å²) in [4.78, 5) is 26.1. The van der Waals surface area contributed by atoms with Gasteiger partial charge in [-0.25, -0.2) is 13.5 Å². The Morgan fingerprint density at radius 2 is 1.80 bits per heavy atom. The second kappa shape index (κ2) is 15.8.